The molecule has 0 heterocycles. The summed E-state index contributed by atoms with van der Waals surface area (Å²) in [5, 5.41) is 3.27. The summed E-state index contributed by atoms with van der Waals surface area (Å²) in [6, 6.07) is 14.1. The van der Waals surface area contributed by atoms with Crippen LogP contribution in [0.1, 0.15) is 19.8 Å². The van der Waals surface area contributed by atoms with Crippen LogP contribution in [0.25, 0.3) is 0 Å². The van der Waals surface area contributed by atoms with E-state index in [9.17, 15) is 13.2 Å². The average Bonchev–Trinajstić information content (AvgIpc) is 2.70. The molecule has 0 atom stereocenters. The van der Waals surface area contributed by atoms with Gasteiger partial charge in [-0.05, 0) is 37.6 Å². The molecule has 0 spiro atoms. The van der Waals surface area contributed by atoms with Gasteiger partial charge in [-0.3, -0.25) is 9.10 Å². The predicted molar refractivity (Wildman–Crippen MR) is 119 cm³/mol. The lowest BCUT2D eigenvalue weighted by atomic mass is 10.2. The first-order chi connectivity index (χ1) is 14.3. The Morgan fingerprint density at radius 2 is 1.73 bits per heavy atom. The lowest BCUT2D eigenvalue weighted by Gasteiger charge is -2.24. The number of halogens is 1. The number of para-hydroxylation sites is 3. The monoisotopic (exact) mass is 454 g/mol. The van der Waals surface area contributed by atoms with Crippen molar-refractivity contribution in [3.8, 4) is 11.5 Å². The van der Waals surface area contributed by atoms with Crippen LogP contribution in [-0.2, 0) is 14.8 Å². The molecule has 30 heavy (non-hydrogen) atoms. The molecule has 164 valence electrons. The van der Waals surface area contributed by atoms with Crippen molar-refractivity contribution in [1.29, 1.82) is 0 Å². The van der Waals surface area contributed by atoms with E-state index in [1.54, 1.807) is 36.4 Å². The minimum absolute atomic E-state index is 0.173. The van der Waals surface area contributed by atoms with Crippen molar-refractivity contribution in [3.63, 3.8) is 0 Å². The second kappa shape index (κ2) is 11.7. The third-order valence-corrected chi connectivity index (χ3v) is 5.61. The minimum Gasteiger partial charge on any atom is -0.492 e. The van der Waals surface area contributed by atoms with Gasteiger partial charge in [-0.2, -0.15) is 0 Å². The number of carbonyl (C=O) groups excluding carboxylic acids is 1. The molecular formula is C21H27ClN2O5S. The van der Waals surface area contributed by atoms with Crippen LogP contribution in [0.4, 0.5) is 5.69 Å². The average molecular weight is 455 g/mol. The molecule has 2 aromatic carbocycles. The van der Waals surface area contributed by atoms with E-state index in [-0.39, 0.29) is 25.5 Å². The molecule has 9 heteroatoms. The number of amides is 1. The zero-order valence-corrected chi connectivity index (χ0v) is 18.7. The van der Waals surface area contributed by atoms with Gasteiger partial charge < -0.3 is 14.8 Å². The third kappa shape index (κ3) is 7.42. The molecular weight excluding hydrogens is 428 g/mol. The minimum atomic E-state index is -3.52. The highest BCUT2D eigenvalue weighted by molar-refractivity contribution is 7.92. The van der Waals surface area contributed by atoms with E-state index in [0.717, 1.165) is 6.26 Å². The van der Waals surface area contributed by atoms with E-state index in [0.29, 0.717) is 41.8 Å². The van der Waals surface area contributed by atoms with E-state index in [2.05, 4.69) is 5.32 Å². The van der Waals surface area contributed by atoms with Gasteiger partial charge in [0.05, 0.1) is 30.1 Å². The van der Waals surface area contributed by atoms with E-state index >= 15 is 0 Å². The number of nitrogens with zero attached hydrogens (tertiary/aromatic N) is 1. The molecule has 0 saturated carbocycles. The summed E-state index contributed by atoms with van der Waals surface area (Å²) in [6.07, 6.45) is 1.70. The van der Waals surface area contributed by atoms with Crippen LogP contribution in [0.5, 0.6) is 11.5 Å². The molecule has 7 nitrogen and oxygen atoms in total. The molecule has 1 N–H and O–H groups in total. The van der Waals surface area contributed by atoms with Crippen LogP contribution in [0, 0.1) is 0 Å². The molecule has 1 amide bonds. The van der Waals surface area contributed by atoms with E-state index in [1.807, 2.05) is 19.1 Å². The lowest BCUT2D eigenvalue weighted by Crippen LogP contribution is -2.33. The second-order valence-corrected chi connectivity index (χ2v) is 8.78. The molecule has 2 aromatic rings. The first kappa shape index (κ1) is 23.8. The molecule has 2 rings (SSSR count). The number of sulfonamides is 1. The lowest BCUT2D eigenvalue weighted by molar-refractivity contribution is -0.121. The normalized spacial score (nSPS) is 11.0. The van der Waals surface area contributed by atoms with Crippen molar-refractivity contribution < 1.29 is 22.7 Å². The molecule has 0 aromatic heterocycles. The van der Waals surface area contributed by atoms with Crippen LogP contribution < -0.4 is 19.1 Å². The van der Waals surface area contributed by atoms with Gasteiger partial charge in [0.15, 0.2) is 0 Å². The van der Waals surface area contributed by atoms with Gasteiger partial charge in [-0.25, -0.2) is 8.42 Å². The third-order valence-electron chi connectivity index (χ3n) is 4.12. The molecule has 0 saturated heterocycles. The van der Waals surface area contributed by atoms with Gasteiger partial charge in [0, 0.05) is 13.0 Å². The van der Waals surface area contributed by atoms with Crippen LogP contribution in [0.15, 0.2) is 48.5 Å². The van der Waals surface area contributed by atoms with Crippen molar-refractivity contribution in [2.75, 3.05) is 36.9 Å². The number of benzene rings is 2. The first-order valence-corrected chi connectivity index (χ1v) is 11.9. The Morgan fingerprint density at radius 3 is 2.40 bits per heavy atom. The smallest absolute Gasteiger partial charge is 0.232 e. The Labute approximate surface area is 183 Å². The van der Waals surface area contributed by atoms with Crippen LogP contribution in [0.3, 0.4) is 0 Å². The molecule has 0 radical (unpaired) electrons. The van der Waals surface area contributed by atoms with Crippen molar-refractivity contribution in [2.45, 2.75) is 19.8 Å². The topological polar surface area (TPSA) is 84.9 Å². The molecule has 0 aliphatic rings. The summed E-state index contributed by atoms with van der Waals surface area (Å²) in [4.78, 5) is 12.1. The summed E-state index contributed by atoms with van der Waals surface area (Å²) in [5.41, 5.74) is 0.468. The molecule has 0 aliphatic heterocycles. The maximum Gasteiger partial charge on any atom is 0.232 e. The van der Waals surface area contributed by atoms with Gasteiger partial charge in [-0.1, -0.05) is 35.9 Å². The van der Waals surface area contributed by atoms with Gasteiger partial charge in [0.2, 0.25) is 15.9 Å². The SMILES string of the molecule is CCOc1ccccc1N(CCCC(=O)NCCOc1ccccc1Cl)S(C)(=O)=O. The summed E-state index contributed by atoms with van der Waals surface area (Å²) in [6.45, 7) is 3.04. The highest BCUT2D eigenvalue weighted by Crippen LogP contribution is 2.30. The zero-order chi connectivity index (χ0) is 22.0. The Hall–Kier alpha value is -2.45. The number of carbonyl (C=O) groups is 1. The standard InChI is InChI=1S/C21H27ClN2O5S/c1-3-28-20-12-7-5-10-18(20)24(30(2,26)27)15-8-13-21(25)23-14-16-29-19-11-6-4-9-17(19)22/h4-7,9-12H,3,8,13-16H2,1-2H3,(H,23,25). The molecule has 0 fully saturated rings. The van der Waals surface area contributed by atoms with Crippen LogP contribution in [-0.4, -0.2) is 46.9 Å². The largest absolute Gasteiger partial charge is 0.492 e. The Kier molecular flexibility index (Phi) is 9.26. The fourth-order valence-corrected chi connectivity index (χ4v) is 3.95. The summed E-state index contributed by atoms with van der Waals surface area (Å²) < 4.78 is 36.9. The van der Waals surface area contributed by atoms with Crippen molar-refractivity contribution in [1.82, 2.24) is 5.32 Å². The fourth-order valence-electron chi connectivity index (χ4n) is 2.79. The van der Waals surface area contributed by atoms with Gasteiger partial charge in [0.1, 0.15) is 18.1 Å². The van der Waals surface area contributed by atoms with Crippen molar-refractivity contribution in [3.05, 3.63) is 53.6 Å². The van der Waals surface area contributed by atoms with Gasteiger partial charge in [-0.15, -0.1) is 0 Å². The number of ether oxygens (including phenoxy) is 2. The van der Waals surface area contributed by atoms with Gasteiger partial charge >= 0.3 is 0 Å². The molecule has 0 unspecified atom stereocenters. The zero-order valence-electron chi connectivity index (χ0n) is 17.1. The maximum atomic E-state index is 12.3. The Balaban J connectivity index is 1.82. The highest BCUT2D eigenvalue weighted by atomic mass is 35.5. The first-order valence-electron chi connectivity index (χ1n) is 9.66. The molecule has 0 aliphatic carbocycles. The number of hydrogen-bond donors (Lipinski definition) is 1. The fraction of sp³-hybridized carbons (Fsp3) is 0.381. The van der Waals surface area contributed by atoms with E-state index in [4.69, 9.17) is 21.1 Å². The number of rotatable bonds is 12. The van der Waals surface area contributed by atoms with Crippen molar-refractivity contribution >= 4 is 33.2 Å². The Bertz CT molecular complexity index is 936. The van der Waals surface area contributed by atoms with Crippen LogP contribution in [0.2, 0.25) is 5.02 Å². The summed E-state index contributed by atoms with van der Waals surface area (Å²) in [5.74, 6) is 0.876. The Morgan fingerprint density at radius 1 is 1.07 bits per heavy atom. The second-order valence-electron chi connectivity index (χ2n) is 6.47. The summed E-state index contributed by atoms with van der Waals surface area (Å²) in [7, 11) is -3.52. The predicted octanol–water partition coefficient (Wildman–Crippen LogP) is 3.48. The number of anilines is 1. The number of nitrogens with one attached hydrogen (secondary N) is 1. The maximum absolute atomic E-state index is 12.3. The van der Waals surface area contributed by atoms with E-state index in [1.165, 1.54) is 4.31 Å². The van der Waals surface area contributed by atoms with Gasteiger partial charge in [0.25, 0.3) is 0 Å². The number of hydrogen-bond acceptors (Lipinski definition) is 5. The van der Waals surface area contributed by atoms with Crippen LogP contribution >= 0.6 is 11.6 Å². The quantitative estimate of drug-likeness (QED) is 0.496. The van der Waals surface area contributed by atoms with Crippen molar-refractivity contribution in [2.24, 2.45) is 0 Å². The summed E-state index contributed by atoms with van der Waals surface area (Å²) >= 11 is 6.01. The molecule has 0 bridgehead atoms. The highest BCUT2D eigenvalue weighted by Gasteiger charge is 2.21. The van der Waals surface area contributed by atoms with E-state index < -0.39 is 10.0 Å².